The number of carbonyl (C=O) groups is 1. The summed E-state index contributed by atoms with van der Waals surface area (Å²) in [7, 11) is 0. The van der Waals surface area contributed by atoms with Crippen molar-refractivity contribution in [2.75, 3.05) is 6.61 Å². The highest BCUT2D eigenvalue weighted by molar-refractivity contribution is 9.10. The second-order valence-corrected chi connectivity index (χ2v) is 5.49. The van der Waals surface area contributed by atoms with Crippen LogP contribution < -0.4 is 5.32 Å². The van der Waals surface area contributed by atoms with Crippen molar-refractivity contribution < 1.29 is 9.90 Å². The lowest BCUT2D eigenvalue weighted by Gasteiger charge is -2.13. The fourth-order valence-electron chi connectivity index (χ4n) is 1.36. The predicted molar refractivity (Wildman–Crippen MR) is 75.0 cm³/mol. The van der Waals surface area contributed by atoms with Gasteiger partial charge in [-0.2, -0.15) is 0 Å². The number of aliphatic hydroxyl groups excluding tert-OH is 1. The van der Waals surface area contributed by atoms with Crippen LogP contribution in [0, 0.1) is 0 Å². The SMILES string of the molecule is CCC(CCO)NC(=O)/C=C/c1cc(Br)cs1. The Bertz CT molecular complexity index is 390. The van der Waals surface area contributed by atoms with Gasteiger partial charge in [-0.25, -0.2) is 0 Å². The largest absolute Gasteiger partial charge is 0.396 e. The molecule has 1 aromatic rings. The first-order chi connectivity index (χ1) is 8.15. The summed E-state index contributed by atoms with van der Waals surface area (Å²) >= 11 is 4.93. The van der Waals surface area contributed by atoms with Crippen molar-refractivity contribution in [1.82, 2.24) is 5.32 Å². The number of nitrogens with one attached hydrogen (secondary N) is 1. The van der Waals surface area contributed by atoms with Gasteiger partial charge in [-0.15, -0.1) is 11.3 Å². The Labute approximate surface area is 114 Å². The topological polar surface area (TPSA) is 49.3 Å². The van der Waals surface area contributed by atoms with Crippen LogP contribution in [-0.2, 0) is 4.79 Å². The van der Waals surface area contributed by atoms with Crippen molar-refractivity contribution in [3.8, 4) is 0 Å². The predicted octanol–water partition coefficient (Wildman–Crippen LogP) is 2.80. The number of amides is 1. The molecule has 5 heteroatoms. The Morgan fingerprint density at radius 2 is 2.47 bits per heavy atom. The van der Waals surface area contributed by atoms with E-state index in [1.165, 1.54) is 6.08 Å². The van der Waals surface area contributed by atoms with Gasteiger partial charge >= 0.3 is 0 Å². The Morgan fingerprint density at radius 3 is 3.00 bits per heavy atom. The highest BCUT2D eigenvalue weighted by Crippen LogP contribution is 2.20. The van der Waals surface area contributed by atoms with Gasteiger partial charge in [0, 0.05) is 33.5 Å². The van der Waals surface area contributed by atoms with E-state index in [0.29, 0.717) is 6.42 Å². The van der Waals surface area contributed by atoms with Crippen LogP contribution in [0.3, 0.4) is 0 Å². The summed E-state index contributed by atoms with van der Waals surface area (Å²) in [4.78, 5) is 12.6. The van der Waals surface area contributed by atoms with Crippen molar-refractivity contribution in [2.45, 2.75) is 25.8 Å². The van der Waals surface area contributed by atoms with E-state index in [0.717, 1.165) is 15.8 Å². The summed E-state index contributed by atoms with van der Waals surface area (Å²) in [6, 6.07) is 2.01. The van der Waals surface area contributed by atoms with Crippen LogP contribution in [0.5, 0.6) is 0 Å². The second-order valence-electron chi connectivity index (χ2n) is 3.63. The van der Waals surface area contributed by atoms with Crippen molar-refractivity contribution in [2.24, 2.45) is 0 Å². The van der Waals surface area contributed by atoms with Gasteiger partial charge in [0.25, 0.3) is 0 Å². The maximum Gasteiger partial charge on any atom is 0.244 e. The molecule has 0 aliphatic carbocycles. The molecule has 0 bridgehead atoms. The van der Waals surface area contributed by atoms with Gasteiger partial charge < -0.3 is 10.4 Å². The minimum Gasteiger partial charge on any atom is -0.396 e. The maximum absolute atomic E-state index is 11.6. The number of halogens is 1. The normalized spacial score (nSPS) is 12.9. The van der Waals surface area contributed by atoms with Crippen molar-refractivity contribution in [1.29, 1.82) is 0 Å². The second kappa shape index (κ2) is 7.63. The smallest absolute Gasteiger partial charge is 0.244 e. The third-order valence-electron chi connectivity index (χ3n) is 2.30. The Hall–Kier alpha value is -0.650. The van der Waals surface area contributed by atoms with Crippen LogP contribution in [0.1, 0.15) is 24.6 Å². The Balaban J connectivity index is 2.45. The van der Waals surface area contributed by atoms with Crippen LogP contribution >= 0.6 is 27.3 Å². The quantitative estimate of drug-likeness (QED) is 0.793. The summed E-state index contributed by atoms with van der Waals surface area (Å²) in [5, 5.41) is 13.6. The summed E-state index contributed by atoms with van der Waals surface area (Å²) in [6.07, 6.45) is 4.74. The molecule has 2 N–H and O–H groups in total. The molecule has 3 nitrogen and oxygen atoms in total. The lowest BCUT2D eigenvalue weighted by atomic mass is 10.1. The van der Waals surface area contributed by atoms with Gasteiger partial charge in [0.1, 0.15) is 0 Å². The van der Waals surface area contributed by atoms with E-state index in [9.17, 15) is 4.79 Å². The molecule has 0 aromatic carbocycles. The monoisotopic (exact) mass is 317 g/mol. The molecule has 1 rings (SSSR count). The van der Waals surface area contributed by atoms with Gasteiger partial charge in [-0.3, -0.25) is 4.79 Å². The maximum atomic E-state index is 11.6. The zero-order chi connectivity index (χ0) is 12.7. The number of hydrogen-bond donors (Lipinski definition) is 2. The van der Waals surface area contributed by atoms with Gasteiger partial charge in [0.2, 0.25) is 5.91 Å². The third kappa shape index (κ3) is 5.48. The third-order valence-corrected chi connectivity index (χ3v) is 3.96. The molecular formula is C12H16BrNO2S. The molecule has 0 fully saturated rings. The first-order valence-electron chi connectivity index (χ1n) is 5.49. The summed E-state index contributed by atoms with van der Waals surface area (Å²) in [5.74, 6) is -0.116. The molecule has 0 aliphatic heterocycles. The number of carbonyl (C=O) groups excluding carboxylic acids is 1. The molecule has 17 heavy (non-hydrogen) atoms. The molecule has 94 valence electrons. The van der Waals surface area contributed by atoms with E-state index in [2.05, 4.69) is 21.2 Å². The Kier molecular flexibility index (Phi) is 6.47. The van der Waals surface area contributed by atoms with Crippen molar-refractivity contribution in [3.05, 3.63) is 26.9 Å². The molecule has 1 heterocycles. The van der Waals surface area contributed by atoms with E-state index >= 15 is 0 Å². The fourth-order valence-corrected chi connectivity index (χ4v) is 2.69. The molecule has 1 aromatic heterocycles. The highest BCUT2D eigenvalue weighted by Gasteiger charge is 2.07. The molecular weight excluding hydrogens is 302 g/mol. The van der Waals surface area contributed by atoms with Gasteiger partial charge in [0.05, 0.1) is 0 Å². The van der Waals surface area contributed by atoms with E-state index in [1.54, 1.807) is 17.4 Å². The first kappa shape index (κ1) is 14.4. The van der Waals surface area contributed by atoms with Crippen LogP contribution in [-0.4, -0.2) is 23.7 Å². The van der Waals surface area contributed by atoms with Crippen LogP contribution in [0.2, 0.25) is 0 Å². The Morgan fingerprint density at radius 1 is 1.71 bits per heavy atom. The minimum absolute atomic E-state index is 0.0484. The summed E-state index contributed by atoms with van der Waals surface area (Å²) < 4.78 is 1.02. The zero-order valence-corrected chi connectivity index (χ0v) is 12.1. The van der Waals surface area contributed by atoms with E-state index in [1.807, 2.05) is 18.4 Å². The van der Waals surface area contributed by atoms with Gasteiger partial charge in [-0.05, 0) is 40.9 Å². The van der Waals surface area contributed by atoms with Crippen LogP contribution in [0.15, 0.2) is 22.0 Å². The van der Waals surface area contributed by atoms with Crippen LogP contribution in [0.4, 0.5) is 0 Å². The molecule has 1 unspecified atom stereocenters. The number of thiophene rings is 1. The number of aliphatic hydroxyl groups is 1. The number of rotatable bonds is 6. The number of hydrogen-bond acceptors (Lipinski definition) is 3. The summed E-state index contributed by atoms with van der Waals surface area (Å²) in [5.41, 5.74) is 0. The van der Waals surface area contributed by atoms with E-state index in [-0.39, 0.29) is 18.6 Å². The highest BCUT2D eigenvalue weighted by atomic mass is 79.9. The molecule has 1 amide bonds. The van der Waals surface area contributed by atoms with Crippen molar-refractivity contribution >= 4 is 39.2 Å². The minimum atomic E-state index is -0.116. The molecule has 0 aliphatic rings. The average Bonchev–Trinajstić information content (AvgIpc) is 2.72. The molecule has 1 atom stereocenters. The first-order valence-corrected chi connectivity index (χ1v) is 7.16. The van der Waals surface area contributed by atoms with Crippen LogP contribution in [0.25, 0.3) is 6.08 Å². The van der Waals surface area contributed by atoms with Crippen molar-refractivity contribution in [3.63, 3.8) is 0 Å². The molecule has 0 saturated carbocycles. The van der Waals surface area contributed by atoms with E-state index in [4.69, 9.17) is 5.11 Å². The van der Waals surface area contributed by atoms with Gasteiger partial charge in [-0.1, -0.05) is 6.92 Å². The lowest BCUT2D eigenvalue weighted by Crippen LogP contribution is -2.33. The summed E-state index contributed by atoms with van der Waals surface area (Å²) in [6.45, 7) is 2.08. The average molecular weight is 318 g/mol. The zero-order valence-electron chi connectivity index (χ0n) is 9.65. The van der Waals surface area contributed by atoms with Gasteiger partial charge in [0.15, 0.2) is 0 Å². The fraction of sp³-hybridized carbons (Fsp3) is 0.417. The molecule has 0 saturated heterocycles. The lowest BCUT2D eigenvalue weighted by molar-refractivity contribution is -0.117. The molecule has 0 spiro atoms. The standard InChI is InChI=1S/C12H16BrNO2S/c1-2-10(5-6-15)14-12(16)4-3-11-7-9(13)8-17-11/h3-4,7-8,10,15H,2,5-6H2,1H3,(H,14,16)/b4-3+. The van der Waals surface area contributed by atoms with E-state index < -0.39 is 0 Å². The molecule has 0 radical (unpaired) electrons.